The first kappa shape index (κ1) is 29.2. The number of nitrogens with zero attached hydrogens (tertiary/aromatic N) is 4. The van der Waals surface area contributed by atoms with E-state index in [1.807, 2.05) is 57.3 Å². The van der Waals surface area contributed by atoms with Gasteiger partial charge in [-0.3, -0.25) is 20.1 Å². The smallest absolute Gasteiger partial charge is 0.155 e. The number of hydrogen-bond donors (Lipinski definition) is 3. The van der Waals surface area contributed by atoms with Crippen LogP contribution >= 0.6 is 56.8 Å². The number of H-pyrrole nitrogens is 1. The lowest BCUT2D eigenvalue weighted by molar-refractivity contribution is 1.05. The Balaban J connectivity index is 0.000000150. The Morgan fingerprint density at radius 3 is 2.03 bits per heavy atom. The molecule has 0 amide bonds. The van der Waals surface area contributed by atoms with Crippen molar-refractivity contribution in [2.75, 3.05) is 11.9 Å². The van der Waals surface area contributed by atoms with E-state index in [4.69, 9.17) is 17.3 Å². The molecule has 39 heavy (non-hydrogen) atoms. The molecule has 4 N–H and O–H groups in total. The zero-order chi connectivity index (χ0) is 28.1. The molecule has 4 heterocycles. The third-order valence-corrected chi connectivity index (χ3v) is 8.04. The minimum atomic E-state index is 0.711. The fourth-order valence-corrected chi connectivity index (χ4v) is 4.90. The van der Waals surface area contributed by atoms with E-state index < -0.39 is 0 Å². The number of aliphatic imine (C=N–C) groups is 1. The van der Waals surface area contributed by atoms with Gasteiger partial charge in [0.2, 0.25) is 0 Å². The number of benzene rings is 2. The molecule has 0 radical (unpaired) electrons. The van der Waals surface area contributed by atoms with Crippen molar-refractivity contribution >= 4 is 95.9 Å². The minimum absolute atomic E-state index is 0.711. The Morgan fingerprint density at radius 1 is 0.872 bits per heavy atom. The number of fused-ring (bicyclic) bond motifs is 2. The monoisotopic (exact) mass is 763 g/mol. The third-order valence-electron chi connectivity index (χ3n) is 6.37. The van der Waals surface area contributed by atoms with Gasteiger partial charge in [-0.15, -0.1) is 0 Å². The van der Waals surface area contributed by atoms with Crippen molar-refractivity contribution < 1.29 is 0 Å². The quantitative estimate of drug-likeness (QED) is 0.158. The molecular weight excluding hydrogens is 736 g/mol. The second-order valence-corrected chi connectivity index (χ2v) is 11.9. The molecule has 6 rings (SSSR count). The molecular formula is C29H28ClI2N7. The summed E-state index contributed by atoms with van der Waals surface area (Å²) in [5.74, 6) is 1.58. The van der Waals surface area contributed by atoms with Gasteiger partial charge in [0.1, 0.15) is 5.84 Å². The molecule has 0 aliphatic carbocycles. The van der Waals surface area contributed by atoms with E-state index in [0.717, 1.165) is 61.7 Å². The van der Waals surface area contributed by atoms with Gasteiger partial charge >= 0.3 is 0 Å². The van der Waals surface area contributed by atoms with Gasteiger partial charge in [0.25, 0.3) is 0 Å². The SMILES string of the molecule is CC1=C(C)C(N)=NC1.Cc1[nH]nc(Nc2ccnc3ccc(I)cc23)c1C.Clc1ccnc2ccc(I)cc12. The Morgan fingerprint density at radius 2 is 1.49 bits per heavy atom. The number of rotatable bonds is 2. The molecule has 200 valence electrons. The lowest BCUT2D eigenvalue weighted by Crippen LogP contribution is -2.09. The first-order chi connectivity index (χ1) is 18.6. The highest BCUT2D eigenvalue weighted by Crippen LogP contribution is 2.27. The second-order valence-electron chi connectivity index (χ2n) is 9.03. The molecule has 0 atom stereocenters. The summed E-state index contributed by atoms with van der Waals surface area (Å²) in [7, 11) is 0. The molecule has 10 heteroatoms. The normalized spacial score (nSPS) is 12.5. The molecule has 0 bridgehead atoms. The molecule has 1 aliphatic heterocycles. The molecule has 5 aromatic rings. The van der Waals surface area contributed by atoms with Crippen LogP contribution in [0, 0.1) is 21.0 Å². The van der Waals surface area contributed by atoms with Crippen molar-refractivity contribution in [1.29, 1.82) is 0 Å². The van der Waals surface area contributed by atoms with Crippen LogP contribution in [0.4, 0.5) is 11.5 Å². The topological polar surface area (TPSA) is 105 Å². The highest BCUT2D eigenvalue weighted by atomic mass is 127. The number of aromatic amines is 1. The van der Waals surface area contributed by atoms with Gasteiger partial charge in [-0.2, -0.15) is 5.10 Å². The number of pyridine rings is 2. The molecule has 3 aromatic heterocycles. The van der Waals surface area contributed by atoms with Crippen molar-refractivity contribution in [3.63, 3.8) is 0 Å². The fraction of sp³-hybridized carbons (Fsp3) is 0.172. The molecule has 2 aromatic carbocycles. The van der Waals surface area contributed by atoms with Crippen LogP contribution in [0.1, 0.15) is 25.1 Å². The molecule has 0 saturated carbocycles. The number of aryl methyl sites for hydroxylation is 1. The van der Waals surface area contributed by atoms with Gasteiger partial charge in [-0.25, -0.2) is 0 Å². The summed E-state index contributed by atoms with van der Waals surface area (Å²) in [6, 6.07) is 16.0. The number of amidine groups is 1. The van der Waals surface area contributed by atoms with E-state index in [0.29, 0.717) is 5.84 Å². The van der Waals surface area contributed by atoms with Crippen LogP contribution in [0.3, 0.4) is 0 Å². The van der Waals surface area contributed by atoms with Crippen LogP contribution in [0.2, 0.25) is 5.02 Å². The van der Waals surface area contributed by atoms with Gasteiger partial charge in [0.15, 0.2) is 5.82 Å². The Kier molecular flexibility index (Phi) is 9.78. The highest BCUT2D eigenvalue weighted by Gasteiger charge is 2.09. The van der Waals surface area contributed by atoms with Crippen molar-refractivity contribution in [1.82, 2.24) is 20.2 Å². The first-order valence-electron chi connectivity index (χ1n) is 12.1. The maximum atomic E-state index is 5.99. The summed E-state index contributed by atoms with van der Waals surface area (Å²) in [6.45, 7) is 8.92. The van der Waals surface area contributed by atoms with E-state index in [1.54, 1.807) is 12.3 Å². The number of aromatic nitrogens is 4. The van der Waals surface area contributed by atoms with Gasteiger partial charge in [-0.1, -0.05) is 11.6 Å². The second kappa shape index (κ2) is 13.1. The van der Waals surface area contributed by atoms with Gasteiger partial charge in [0, 0.05) is 41.6 Å². The average molecular weight is 764 g/mol. The van der Waals surface area contributed by atoms with E-state index >= 15 is 0 Å². The van der Waals surface area contributed by atoms with Crippen LogP contribution in [-0.2, 0) is 0 Å². The molecule has 0 spiro atoms. The van der Waals surface area contributed by atoms with Crippen molar-refractivity contribution in [2.45, 2.75) is 27.7 Å². The predicted molar refractivity (Wildman–Crippen MR) is 180 cm³/mol. The Labute approximate surface area is 260 Å². The van der Waals surface area contributed by atoms with Crippen LogP contribution in [0.5, 0.6) is 0 Å². The van der Waals surface area contributed by atoms with Crippen LogP contribution in [0.15, 0.2) is 77.1 Å². The summed E-state index contributed by atoms with van der Waals surface area (Å²) < 4.78 is 2.37. The zero-order valence-electron chi connectivity index (χ0n) is 22.0. The van der Waals surface area contributed by atoms with E-state index in [9.17, 15) is 0 Å². The number of halogens is 3. The molecule has 0 unspecified atom stereocenters. The van der Waals surface area contributed by atoms with Crippen LogP contribution in [-0.4, -0.2) is 32.5 Å². The van der Waals surface area contributed by atoms with Crippen LogP contribution < -0.4 is 11.1 Å². The standard InChI is InChI=1S/C14H13IN4.C9H5ClIN.C6H10N2/c1-8-9(2)18-19-14(8)17-13-5-6-16-12-4-3-10(15)7-11(12)13;10-8-3-4-12-9-2-1-6(11)5-7(8)9;1-4-3-8-6(7)5(4)2/h3-7H,1-2H3,(H2,16,17,18,19);1-5H;3H2,1-2H3,(H2,7,8). The van der Waals surface area contributed by atoms with E-state index in [1.165, 1.54) is 12.7 Å². The van der Waals surface area contributed by atoms with Crippen molar-refractivity contribution in [3.05, 3.63) is 95.5 Å². The number of nitrogens with one attached hydrogen (secondary N) is 2. The largest absolute Gasteiger partial charge is 0.384 e. The van der Waals surface area contributed by atoms with Gasteiger partial charge in [-0.05, 0) is 133 Å². The minimum Gasteiger partial charge on any atom is -0.384 e. The summed E-state index contributed by atoms with van der Waals surface area (Å²) in [6.07, 6.45) is 3.53. The number of anilines is 2. The third kappa shape index (κ3) is 7.25. The molecule has 0 fully saturated rings. The maximum Gasteiger partial charge on any atom is 0.155 e. The molecule has 0 saturated heterocycles. The Bertz CT molecular complexity index is 1700. The van der Waals surface area contributed by atoms with Gasteiger partial charge in [0.05, 0.1) is 28.3 Å². The summed E-state index contributed by atoms with van der Waals surface area (Å²) in [5.41, 5.74) is 13.1. The predicted octanol–water partition coefficient (Wildman–Crippen LogP) is 8.11. The first-order valence-corrected chi connectivity index (χ1v) is 14.7. The summed E-state index contributed by atoms with van der Waals surface area (Å²) >= 11 is 10.6. The zero-order valence-corrected chi connectivity index (χ0v) is 27.1. The Hall–Kier alpha value is -2.77. The number of hydrogen-bond acceptors (Lipinski definition) is 6. The summed E-state index contributed by atoms with van der Waals surface area (Å²) in [5, 5.41) is 13.5. The molecule has 7 nitrogen and oxygen atoms in total. The molecule has 1 aliphatic rings. The average Bonchev–Trinajstić information content (AvgIpc) is 3.40. The fourth-order valence-electron chi connectivity index (χ4n) is 3.71. The highest BCUT2D eigenvalue weighted by molar-refractivity contribution is 14.1. The van der Waals surface area contributed by atoms with Gasteiger partial charge < -0.3 is 11.1 Å². The van der Waals surface area contributed by atoms with Crippen molar-refractivity contribution in [3.8, 4) is 0 Å². The van der Waals surface area contributed by atoms with Crippen molar-refractivity contribution in [2.24, 2.45) is 10.7 Å². The number of nitrogens with two attached hydrogens (primary N) is 1. The summed E-state index contributed by atoms with van der Waals surface area (Å²) in [4.78, 5) is 12.6. The maximum absolute atomic E-state index is 5.99. The van der Waals surface area contributed by atoms with E-state index in [-0.39, 0.29) is 0 Å². The lowest BCUT2D eigenvalue weighted by Gasteiger charge is -2.08. The lowest BCUT2D eigenvalue weighted by atomic mass is 10.2. The van der Waals surface area contributed by atoms with E-state index in [2.05, 4.69) is 94.7 Å². The van der Waals surface area contributed by atoms with Crippen LogP contribution in [0.25, 0.3) is 21.8 Å².